The van der Waals surface area contributed by atoms with Crippen molar-refractivity contribution in [2.24, 2.45) is 52.8 Å². The molecular formula is C34H59N3O8. The predicted octanol–water partition coefficient (Wildman–Crippen LogP) is 2.83. The third kappa shape index (κ3) is 7.37. The Morgan fingerprint density at radius 2 is 1.76 bits per heavy atom. The van der Waals surface area contributed by atoms with Gasteiger partial charge < -0.3 is 30.7 Å². The van der Waals surface area contributed by atoms with Gasteiger partial charge in [-0.25, -0.2) is 0 Å². The van der Waals surface area contributed by atoms with E-state index in [4.69, 9.17) is 9.57 Å². The second kappa shape index (κ2) is 15.0. The first-order valence-electron chi connectivity index (χ1n) is 17.3. The van der Waals surface area contributed by atoms with Crippen LogP contribution in [0.2, 0.25) is 0 Å². The highest BCUT2D eigenvalue weighted by molar-refractivity contribution is 5.83. The van der Waals surface area contributed by atoms with Crippen LogP contribution in [-0.4, -0.2) is 95.9 Å². The molecule has 2 amide bonds. The van der Waals surface area contributed by atoms with Crippen LogP contribution in [0.25, 0.3) is 0 Å². The van der Waals surface area contributed by atoms with Gasteiger partial charge in [-0.05, 0) is 86.9 Å². The smallest absolute Gasteiger partial charge is 0.306 e. The highest BCUT2D eigenvalue weighted by atomic mass is 16.7. The van der Waals surface area contributed by atoms with Gasteiger partial charge in [0, 0.05) is 38.6 Å². The number of fused-ring (bicyclic) bond motifs is 2. The van der Waals surface area contributed by atoms with Crippen LogP contribution in [0, 0.1) is 52.8 Å². The lowest BCUT2D eigenvalue weighted by Crippen LogP contribution is -2.62. The van der Waals surface area contributed by atoms with Gasteiger partial charge in [0.25, 0.3) is 0 Å². The number of aliphatic carboxylic acids is 1. The van der Waals surface area contributed by atoms with Gasteiger partial charge in [0.1, 0.15) is 12.1 Å². The molecule has 5 fully saturated rings. The number of hydroxylamine groups is 2. The second-order valence-electron chi connectivity index (χ2n) is 15.1. The Bertz CT molecular complexity index is 1040. The summed E-state index contributed by atoms with van der Waals surface area (Å²) in [6.45, 7) is 10.6. The molecule has 0 aromatic heterocycles. The summed E-state index contributed by atoms with van der Waals surface area (Å²) in [5, 5.41) is 38.5. The van der Waals surface area contributed by atoms with E-state index >= 15 is 0 Å². The number of rotatable bonds is 14. The maximum Gasteiger partial charge on any atom is 0.306 e. The normalized spacial score (nSPS) is 38.1. The number of methoxy groups -OCH3 is 1. The molecule has 45 heavy (non-hydrogen) atoms. The molecule has 4 aliphatic carbocycles. The Hall–Kier alpha value is -1.79. The summed E-state index contributed by atoms with van der Waals surface area (Å²) in [6.07, 6.45) is 3.93. The number of carbonyl (C=O) groups excluding carboxylic acids is 2. The van der Waals surface area contributed by atoms with Crippen LogP contribution in [0.3, 0.4) is 0 Å². The third-order valence-corrected chi connectivity index (χ3v) is 12.4. The molecule has 0 spiro atoms. The quantitative estimate of drug-likeness (QED) is 0.193. The van der Waals surface area contributed by atoms with Crippen LogP contribution in [0.15, 0.2) is 0 Å². The summed E-state index contributed by atoms with van der Waals surface area (Å²) in [7, 11) is 3.24. The lowest BCUT2D eigenvalue weighted by atomic mass is 9.45. The van der Waals surface area contributed by atoms with E-state index in [-0.39, 0.29) is 48.3 Å². The number of hydrogen-bond donors (Lipinski definition) is 5. The Morgan fingerprint density at radius 1 is 1.07 bits per heavy atom. The van der Waals surface area contributed by atoms with Crippen molar-refractivity contribution in [3.05, 3.63) is 0 Å². The Balaban J connectivity index is 1.50. The van der Waals surface area contributed by atoms with E-state index in [0.717, 1.165) is 19.3 Å². The molecule has 4 saturated carbocycles. The van der Waals surface area contributed by atoms with Crippen molar-refractivity contribution in [3.8, 4) is 0 Å². The fourth-order valence-electron chi connectivity index (χ4n) is 9.69. The topological polar surface area (TPSA) is 158 Å². The van der Waals surface area contributed by atoms with E-state index < -0.39 is 36.1 Å². The molecule has 0 radical (unpaired) electrons. The van der Waals surface area contributed by atoms with E-state index in [1.54, 1.807) is 26.1 Å². The van der Waals surface area contributed by atoms with Crippen LogP contribution in [-0.2, 0) is 24.0 Å². The minimum Gasteiger partial charge on any atom is -0.481 e. The molecule has 2 bridgehead atoms. The number of nitrogens with one attached hydrogen (secondary N) is 2. The molecule has 0 aromatic rings. The number of nitrogens with zero attached hydrogens (tertiary/aromatic N) is 1. The Labute approximate surface area is 269 Å². The number of amides is 2. The monoisotopic (exact) mass is 637 g/mol. The first-order chi connectivity index (χ1) is 21.3. The summed E-state index contributed by atoms with van der Waals surface area (Å²) in [4.78, 5) is 44.9. The summed E-state index contributed by atoms with van der Waals surface area (Å²) in [6, 6.07) is -0.715. The lowest BCUT2D eigenvalue weighted by molar-refractivity contribution is -0.182. The average molecular weight is 638 g/mol. The van der Waals surface area contributed by atoms with Crippen molar-refractivity contribution in [2.75, 3.05) is 27.3 Å². The van der Waals surface area contributed by atoms with Crippen LogP contribution >= 0.6 is 0 Å². The zero-order valence-corrected chi connectivity index (χ0v) is 28.4. The zero-order valence-electron chi connectivity index (χ0n) is 28.4. The summed E-state index contributed by atoms with van der Waals surface area (Å²) < 4.78 is 6.06. The maximum atomic E-state index is 14.0. The molecule has 5 unspecified atom stereocenters. The predicted molar refractivity (Wildman–Crippen MR) is 169 cm³/mol. The van der Waals surface area contributed by atoms with Gasteiger partial charge in [-0.2, -0.15) is 5.06 Å². The Morgan fingerprint density at radius 3 is 2.29 bits per heavy atom. The average Bonchev–Trinajstić information content (AvgIpc) is 3.39. The van der Waals surface area contributed by atoms with Gasteiger partial charge in [0.15, 0.2) is 0 Å². The minimum absolute atomic E-state index is 0.00970. The lowest BCUT2D eigenvalue weighted by Gasteiger charge is -2.62. The highest BCUT2D eigenvalue weighted by Gasteiger charge is 2.57. The molecule has 13 atom stereocenters. The minimum atomic E-state index is -0.873. The Kier molecular flexibility index (Phi) is 12.0. The number of ether oxygens (including phenoxy) is 1. The number of aliphatic hydroxyl groups is 2. The van der Waals surface area contributed by atoms with Crippen LogP contribution < -0.4 is 10.6 Å². The number of hydrogen-bond acceptors (Lipinski definition) is 8. The summed E-state index contributed by atoms with van der Waals surface area (Å²) in [5.74, 6) is -1.23. The van der Waals surface area contributed by atoms with Crippen LogP contribution in [0.4, 0.5) is 0 Å². The number of aliphatic hydroxyl groups excluding tert-OH is 2. The number of carboxylic acids is 1. The fraction of sp³-hybridized carbons (Fsp3) is 0.912. The van der Waals surface area contributed by atoms with Gasteiger partial charge in [-0.1, -0.05) is 34.1 Å². The van der Waals surface area contributed by atoms with Gasteiger partial charge in [0.2, 0.25) is 11.8 Å². The molecule has 5 N–H and O–H groups in total. The number of carbonyl (C=O) groups is 3. The molecular weight excluding hydrogens is 578 g/mol. The first kappa shape index (κ1) is 36.1. The molecule has 11 heteroatoms. The van der Waals surface area contributed by atoms with Gasteiger partial charge in [0.05, 0.1) is 24.7 Å². The standard InChI is InChI=1S/C34H59N3O8/c1-8-9-24(20-12-21(31(40)35-6)14-22(13-20)33(42)43)27(44-7)10-11-37-30(29(19(3)39)28(17-38)45-37)32(41)36-26-16-23-15-25(18(26)2)34(23,4)5/h18-30,38-39H,8-17H2,1-7H3,(H,35,40)(H,36,41)(H,42,43)/t18-,19-,20?,21?,22?,23+,24?,25-,26-,27?,28-,29+,30-/m0/s1. The molecule has 11 nitrogen and oxygen atoms in total. The molecule has 1 aliphatic heterocycles. The summed E-state index contributed by atoms with van der Waals surface area (Å²) in [5.41, 5.74) is 0.292. The fourth-order valence-corrected chi connectivity index (χ4v) is 9.69. The van der Waals surface area contributed by atoms with Crippen LogP contribution in [0.5, 0.6) is 0 Å². The van der Waals surface area contributed by atoms with Gasteiger partial charge in [-0.15, -0.1) is 0 Å². The molecule has 1 saturated heterocycles. The van der Waals surface area contributed by atoms with Crippen molar-refractivity contribution in [1.29, 1.82) is 0 Å². The van der Waals surface area contributed by atoms with Crippen molar-refractivity contribution in [1.82, 2.24) is 15.7 Å². The van der Waals surface area contributed by atoms with Crippen molar-refractivity contribution >= 4 is 17.8 Å². The van der Waals surface area contributed by atoms with Crippen molar-refractivity contribution in [2.45, 2.75) is 116 Å². The largest absolute Gasteiger partial charge is 0.481 e. The van der Waals surface area contributed by atoms with E-state index in [1.165, 1.54) is 6.42 Å². The van der Waals surface area contributed by atoms with E-state index in [1.807, 2.05) is 0 Å². The molecule has 0 aromatic carbocycles. The molecule has 1 heterocycles. The van der Waals surface area contributed by atoms with E-state index in [2.05, 4.69) is 38.3 Å². The molecule has 5 aliphatic rings. The van der Waals surface area contributed by atoms with Crippen molar-refractivity contribution < 1.29 is 39.3 Å². The number of carboxylic acid groups (broad SMARTS) is 1. The molecule has 5 rings (SSSR count). The van der Waals surface area contributed by atoms with E-state index in [0.29, 0.717) is 55.4 Å². The SMILES string of the molecule is CCCC(C1CC(C(=O)O)CC(C(=O)NC)C1)C(CCN1O[C@@H](CO)[C@@H]([C@H](C)O)[C@H]1C(=O)N[C@H]1C[C@H]2C[C@@H]([C@@H]1C)C2(C)C)OC. The first-order valence-corrected chi connectivity index (χ1v) is 17.3. The van der Waals surface area contributed by atoms with E-state index in [9.17, 15) is 29.7 Å². The van der Waals surface area contributed by atoms with Gasteiger partial charge >= 0.3 is 5.97 Å². The van der Waals surface area contributed by atoms with Crippen LogP contribution in [0.1, 0.15) is 86.0 Å². The zero-order chi connectivity index (χ0) is 33.2. The molecule has 258 valence electrons. The maximum absolute atomic E-state index is 14.0. The van der Waals surface area contributed by atoms with Crippen molar-refractivity contribution in [3.63, 3.8) is 0 Å². The summed E-state index contributed by atoms with van der Waals surface area (Å²) >= 11 is 0. The van der Waals surface area contributed by atoms with Gasteiger partial charge in [-0.3, -0.25) is 19.2 Å². The second-order valence-corrected chi connectivity index (χ2v) is 15.1. The third-order valence-electron chi connectivity index (χ3n) is 12.4. The highest BCUT2D eigenvalue weighted by Crippen LogP contribution is 2.61.